The molecule has 2 rings (SSSR count). The molecule has 0 saturated heterocycles. The highest BCUT2D eigenvalue weighted by molar-refractivity contribution is 7.89. The lowest BCUT2D eigenvalue weighted by Gasteiger charge is -2.11. The van der Waals surface area contributed by atoms with E-state index >= 15 is 0 Å². The fraction of sp³-hybridized carbons (Fsp3) is 0.350. The topological polar surface area (TPSA) is 84.5 Å². The van der Waals surface area contributed by atoms with Gasteiger partial charge in [-0.05, 0) is 43.0 Å². The SMILES string of the molecule is COCCNS(=O)(=O)c1ccc(C)c(C(=O)NCCCc2ccccc2)c1. The Labute approximate surface area is 161 Å². The van der Waals surface area contributed by atoms with Crippen molar-refractivity contribution < 1.29 is 17.9 Å². The Kier molecular flexibility index (Phi) is 7.97. The van der Waals surface area contributed by atoms with E-state index in [-0.39, 0.29) is 24.0 Å². The summed E-state index contributed by atoms with van der Waals surface area (Å²) < 4.78 is 31.9. The van der Waals surface area contributed by atoms with Crippen LogP contribution in [0.25, 0.3) is 0 Å². The van der Waals surface area contributed by atoms with Crippen LogP contribution < -0.4 is 10.0 Å². The van der Waals surface area contributed by atoms with E-state index in [0.717, 1.165) is 18.4 Å². The number of methoxy groups -OCH3 is 1. The van der Waals surface area contributed by atoms with Gasteiger partial charge in [0.1, 0.15) is 0 Å². The fourth-order valence-corrected chi connectivity index (χ4v) is 3.65. The second-order valence-electron chi connectivity index (χ2n) is 6.21. The maximum absolute atomic E-state index is 12.5. The number of hydrogen-bond acceptors (Lipinski definition) is 4. The molecule has 2 aromatic rings. The van der Waals surface area contributed by atoms with E-state index in [2.05, 4.69) is 22.2 Å². The predicted molar refractivity (Wildman–Crippen MR) is 105 cm³/mol. The first-order valence-electron chi connectivity index (χ1n) is 8.85. The Morgan fingerprint density at radius 3 is 2.52 bits per heavy atom. The zero-order valence-corrected chi connectivity index (χ0v) is 16.5. The average Bonchev–Trinajstić information content (AvgIpc) is 2.66. The van der Waals surface area contributed by atoms with Crippen molar-refractivity contribution in [3.8, 4) is 0 Å². The third-order valence-electron chi connectivity index (χ3n) is 4.13. The number of amides is 1. The number of aryl methyl sites for hydroxylation is 2. The number of sulfonamides is 1. The highest BCUT2D eigenvalue weighted by Crippen LogP contribution is 2.15. The lowest BCUT2D eigenvalue weighted by atomic mass is 10.1. The molecule has 0 atom stereocenters. The molecule has 0 aliphatic rings. The van der Waals surface area contributed by atoms with Crippen molar-refractivity contribution in [2.24, 2.45) is 0 Å². The molecule has 0 heterocycles. The lowest BCUT2D eigenvalue weighted by Crippen LogP contribution is -2.28. The van der Waals surface area contributed by atoms with E-state index in [0.29, 0.717) is 12.1 Å². The maximum Gasteiger partial charge on any atom is 0.251 e. The second-order valence-corrected chi connectivity index (χ2v) is 7.98. The minimum Gasteiger partial charge on any atom is -0.383 e. The van der Waals surface area contributed by atoms with Gasteiger partial charge >= 0.3 is 0 Å². The second kappa shape index (κ2) is 10.2. The van der Waals surface area contributed by atoms with E-state index in [1.165, 1.54) is 24.8 Å². The van der Waals surface area contributed by atoms with E-state index in [1.807, 2.05) is 18.2 Å². The summed E-state index contributed by atoms with van der Waals surface area (Å²) in [6, 6.07) is 14.6. The summed E-state index contributed by atoms with van der Waals surface area (Å²) in [7, 11) is -2.18. The molecule has 0 unspecified atom stereocenters. The number of nitrogens with one attached hydrogen (secondary N) is 2. The van der Waals surface area contributed by atoms with Gasteiger partial charge in [0.05, 0.1) is 11.5 Å². The van der Waals surface area contributed by atoms with Gasteiger partial charge in [-0.15, -0.1) is 0 Å². The van der Waals surface area contributed by atoms with Crippen molar-refractivity contribution in [3.63, 3.8) is 0 Å². The Hall–Kier alpha value is -2.22. The fourth-order valence-electron chi connectivity index (χ4n) is 2.61. The molecule has 0 bridgehead atoms. The average molecular weight is 391 g/mol. The molecule has 0 saturated carbocycles. The van der Waals surface area contributed by atoms with E-state index in [4.69, 9.17) is 4.74 Å². The molecule has 0 aromatic heterocycles. The predicted octanol–water partition coefficient (Wildman–Crippen LogP) is 2.28. The van der Waals surface area contributed by atoms with Gasteiger partial charge in [0.25, 0.3) is 5.91 Å². The van der Waals surface area contributed by atoms with Gasteiger partial charge in [-0.25, -0.2) is 13.1 Å². The zero-order chi connectivity index (χ0) is 19.7. The van der Waals surface area contributed by atoms with Gasteiger partial charge in [0.15, 0.2) is 0 Å². The minimum atomic E-state index is -3.68. The molecular weight excluding hydrogens is 364 g/mol. The molecule has 0 aliphatic heterocycles. The summed E-state index contributed by atoms with van der Waals surface area (Å²) in [5.74, 6) is -0.269. The number of ether oxygens (including phenoxy) is 1. The minimum absolute atomic E-state index is 0.0682. The number of carbonyl (C=O) groups is 1. The summed E-state index contributed by atoms with van der Waals surface area (Å²) in [5, 5.41) is 2.87. The van der Waals surface area contributed by atoms with Crippen LogP contribution in [0.5, 0.6) is 0 Å². The van der Waals surface area contributed by atoms with E-state index < -0.39 is 10.0 Å². The number of hydrogen-bond donors (Lipinski definition) is 2. The smallest absolute Gasteiger partial charge is 0.251 e. The van der Waals surface area contributed by atoms with Crippen LogP contribution in [0.4, 0.5) is 0 Å². The molecule has 146 valence electrons. The van der Waals surface area contributed by atoms with Gasteiger partial charge in [-0.1, -0.05) is 36.4 Å². The Balaban J connectivity index is 1.97. The van der Waals surface area contributed by atoms with Crippen molar-refractivity contribution in [1.82, 2.24) is 10.0 Å². The van der Waals surface area contributed by atoms with Crippen molar-refractivity contribution in [1.29, 1.82) is 0 Å². The van der Waals surface area contributed by atoms with Crippen LogP contribution in [0.3, 0.4) is 0 Å². The highest BCUT2D eigenvalue weighted by Gasteiger charge is 2.17. The van der Waals surface area contributed by atoms with Crippen LogP contribution in [0.1, 0.15) is 27.9 Å². The zero-order valence-electron chi connectivity index (χ0n) is 15.7. The van der Waals surface area contributed by atoms with Crippen molar-refractivity contribution in [2.45, 2.75) is 24.7 Å². The lowest BCUT2D eigenvalue weighted by molar-refractivity contribution is 0.0952. The number of carbonyl (C=O) groups excluding carboxylic acids is 1. The van der Waals surface area contributed by atoms with Crippen molar-refractivity contribution in [3.05, 3.63) is 65.2 Å². The molecule has 7 heteroatoms. The van der Waals surface area contributed by atoms with Gasteiger partial charge in [-0.3, -0.25) is 4.79 Å². The van der Waals surface area contributed by atoms with Crippen LogP contribution in [0.2, 0.25) is 0 Å². The molecule has 6 nitrogen and oxygen atoms in total. The van der Waals surface area contributed by atoms with Crippen LogP contribution >= 0.6 is 0 Å². The molecular formula is C20H26N2O4S. The first-order valence-corrected chi connectivity index (χ1v) is 10.3. The van der Waals surface area contributed by atoms with Crippen LogP contribution in [0, 0.1) is 6.92 Å². The molecule has 1 amide bonds. The Bertz CT molecular complexity index is 852. The van der Waals surface area contributed by atoms with Crippen LogP contribution in [-0.2, 0) is 21.2 Å². The summed E-state index contributed by atoms with van der Waals surface area (Å²) in [6.45, 7) is 2.76. The quantitative estimate of drug-likeness (QED) is 0.610. The summed E-state index contributed by atoms with van der Waals surface area (Å²) >= 11 is 0. The highest BCUT2D eigenvalue weighted by atomic mass is 32.2. The molecule has 2 aromatic carbocycles. The van der Waals surface area contributed by atoms with E-state index in [1.54, 1.807) is 13.0 Å². The first kappa shape index (κ1) is 21.1. The third-order valence-corrected chi connectivity index (χ3v) is 5.59. The molecule has 0 spiro atoms. The first-order chi connectivity index (χ1) is 12.9. The van der Waals surface area contributed by atoms with Gasteiger partial charge in [0.2, 0.25) is 10.0 Å². The van der Waals surface area contributed by atoms with Gasteiger partial charge in [-0.2, -0.15) is 0 Å². The summed E-state index contributed by atoms with van der Waals surface area (Å²) in [5.41, 5.74) is 2.31. The van der Waals surface area contributed by atoms with Crippen molar-refractivity contribution >= 4 is 15.9 Å². The van der Waals surface area contributed by atoms with Gasteiger partial charge < -0.3 is 10.1 Å². The molecule has 2 N–H and O–H groups in total. The molecule has 0 aliphatic carbocycles. The number of benzene rings is 2. The van der Waals surface area contributed by atoms with E-state index in [9.17, 15) is 13.2 Å². The maximum atomic E-state index is 12.5. The summed E-state index contributed by atoms with van der Waals surface area (Å²) in [6.07, 6.45) is 1.68. The standard InChI is InChI=1S/C20H26N2O4S/c1-16-10-11-18(27(24,25)22-13-14-26-2)15-19(16)20(23)21-12-6-9-17-7-4-3-5-8-17/h3-5,7-8,10-11,15,22H,6,9,12-14H2,1-2H3,(H,21,23). The normalized spacial score (nSPS) is 11.3. The third kappa shape index (κ3) is 6.46. The summed E-state index contributed by atoms with van der Waals surface area (Å²) in [4.78, 5) is 12.5. The Morgan fingerprint density at radius 2 is 1.81 bits per heavy atom. The molecule has 0 fully saturated rings. The largest absolute Gasteiger partial charge is 0.383 e. The van der Waals surface area contributed by atoms with Crippen LogP contribution in [0.15, 0.2) is 53.4 Å². The molecule has 27 heavy (non-hydrogen) atoms. The monoisotopic (exact) mass is 390 g/mol. The number of rotatable bonds is 10. The van der Waals surface area contributed by atoms with Crippen LogP contribution in [-0.4, -0.2) is 41.1 Å². The Morgan fingerprint density at radius 1 is 1.07 bits per heavy atom. The van der Waals surface area contributed by atoms with Gasteiger partial charge in [0, 0.05) is 25.8 Å². The van der Waals surface area contributed by atoms with Crippen molar-refractivity contribution in [2.75, 3.05) is 26.8 Å². The molecule has 0 radical (unpaired) electrons.